The van der Waals surface area contributed by atoms with Crippen LogP contribution in [0, 0.1) is 5.41 Å². The maximum Gasteiger partial charge on any atom is 0.0576 e. The van der Waals surface area contributed by atoms with E-state index < -0.39 is 0 Å². The molecule has 0 aliphatic carbocycles. The molecule has 0 radical (unpaired) electrons. The van der Waals surface area contributed by atoms with Crippen LogP contribution >= 0.6 is 0 Å². The molecule has 1 unspecified atom stereocenters. The molecule has 1 rings (SSSR count). The van der Waals surface area contributed by atoms with E-state index in [1.54, 1.807) is 0 Å². The predicted octanol–water partition coefficient (Wildman–Crippen LogP) is 2.25. The van der Waals surface area contributed by atoms with Crippen LogP contribution in [0.25, 0.3) is 0 Å². The second kappa shape index (κ2) is 7.34. The van der Waals surface area contributed by atoms with Crippen LogP contribution in [0.2, 0.25) is 0 Å². The first-order valence-electron chi connectivity index (χ1n) is 7.11. The Bertz CT molecular complexity index is 200. The minimum atomic E-state index is 0.236. The van der Waals surface area contributed by atoms with Gasteiger partial charge >= 0.3 is 0 Å². The summed E-state index contributed by atoms with van der Waals surface area (Å²) in [7, 11) is 0. The molecule has 0 saturated carbocycles. The molecule has 3 nitrogen and oxygen atoms in total. The highest BCUT2D eigenvalue weighted by Crippen LogP contribution is 2.18. The van der Waals surface area contributed by atoms with Crippen molar-refractivity contribution in [3.05, 3.63) is 0 Å². The summed E-state index contributed by atoms with van der Waals surface area (Å²) < 4.78 is 5.65. The van der Waals surface area contributed by atoms with E-state index in [-0.39, 0.29) is 5.41 Å². The number of rotatable bonds is 8. The third-order valence-corrected chi connectivity index (χ3v) is 3.68. The molecule has 1 atom stereocenters. The standard InChI is InChI=1S/C14H30N2O/c1-4-16(12-14(2,3)11-15)9-5-7-13-8-6-10-17-13/h13H,4-12,15H2,1-3H3. The quantitative estimate of drug-likeness (QED) is 0.709. The molecule has 0 aromatic rings. The van der Waals surface area contributed by atoms with Crippen molar-refractivity contribution >= 4 is 0 Å². The molecule has 0 aromatic heterocycles. The Morgan fingerprint density at radius 2 is 2.18 bits per heavy atom. The second-order valence-electron chi connectivity index (χ2n) is 6.01. The van der Waals surface area contributed by atoms with E-state index in [2.05, 4.69) is 25.7 Å². The molecule has 1 aliphatic heterocycles. The van der Waals surface area contributed by atoms with Gasteiger partial charge in [0, 0.05) is 13.2 Å². The van der Waals surface area contributed by atoms with Gasteiger partial charge in [-0.1, -0.05) is 20.8 Å². The van der Waals surface area contributed by atoms with Crippen LogP contribution in [0.1, 0.15) is 46.5 Å². The van der Waals surface area contributed by atoms with Gasteiger partial charge in [0.15, 0.2) is 0 Å². The Kier molecular flexibility index (Phi) is 6.45. The molecular weight excluding hydrogens is 212 g/mol. The lowest BCUT2D eigenvalue weighted by Crippen LogP contribution is -2.39. The van der Waals surface area contributed by atoms with Gasteiger partial charge in [0.25, 0.3) is 0 Å². The van der Waals surface area contributed by atoms with Gasteiger partial charge in [-0.15, -0.1) is 0 Å². The third kappa shape index (κ3) is 5.84. The molecule has 0 bridgehead atoms. The summed E-state index contributed by atoms with van der Waals surface area (Å²) in [6, 6.07) is 0. The highest BCUT2D eigenvalue weighted by molar-refractivity contribution is 4.75. The van der Waals surface area contributed by atoms with Crippen molar-refractivity contribution in [1.82, 2.24) is 4.90 Å². The first-order valence-corrected chi connectivity index (χ1v) is 7.11. The van der Waals surface area contributed by atoms with Gasteiger partial charge in [-0.05, 0) is 50.7 Å². The lowest BCUT2D eigenvalue weighted by molar-refractivity contribution is 0.0965. The average molecular weight is 242 g/mol. The number of ether oxygens (including phenoxy) is 1. The minimum Gasteiger partial charge on any atom is -0.378 e. The number of nitrogens with zero attached hydrogens (tertiary/aromatic N) is 1. The lowest BCUT2D eigenvalue weighted by atomic mass is 9.93. The maximum atomic E-state index is 5.79. The van der Waals surface area contributed by atoms with Gasteiger partial charge in [0.2, 0.25) is 0 Å². The molecule has 0 spiro atoms. The molecular formula is C14H30N2O. The fraction of sp³-hybridized carbons (Fsp3) is 1.00. The van der Waals surface area contributed by atoms with Crippen LogP contribution < -0.4 is 5.73 Å². The normalized spacial score (nSPS) is 21.4. The molecule has 2 N–H and O–H groups in total. The summed E-state index contributed by atoms with van der Waals surface area (Å²) in [6.07, 6.45) is 5.53. The summed E-state index contributed by atoms with van der Waals surface area (Å²) in [4.78, 5) is 2.52. The van der Waals surface area contributed by atoms with Gasteiger partial charge in [-0.2, -0.15) is 0 Å². The molecule has 102 valence electrons. The van der Waals surface area contributed by atoms with E-state index in [0.29, 0.717) is 6.10 Å². The zero-order valence-electron chi connectivity index (χ0n) is 11.9. The minimum absolute atomic E-state index is 0.236. The Labute approximate surface area is 107 Å². The number of hydrogen-bond donors (Lipinski definition) is 1. The maximum absolute atomic E-state index is 5.79. The highest BCUT2D eigenvalue weighted by Gasteiger charge is 2.20. The molecule has 0 amide bonds. The van der Waals surface area contributed by atoms with Crippen LogP contribution in [-0.2, 0) is 4.74 Å². The summed E-state index contributed by atoms with van der Waals surface area (Å²) in [5.41, 5.74) is 6.03. The summed E-state index contributed by atoms with van der Waals surface area (Å²) in [5, 5.41) is 0. The Morgan fingerprint density at radius 1 is 1.41 bits per heavy atom. The molecule has 1 aliphatic rings. The van der Waals surface area contributed by atoms with Crippen LogP contribution in [0.3, 0.4) is 0 Å². The Balaban J connectivity index is 2.17. The van der Waals surface area contributed by atoms with E-state index in [0.717, 1.165) is 26.2 Å². The molecule has 17 heavy (non-hydrogen) atoms. The van der Waals surface area contributed by atoms with Crippen LogP contribution in [-0.4, -0.2) is 43.8 Å². The number of hydrogen-bond acceptors (Lipinski definition) is 3. The summed E-state index contributed by atoms with van der Waals surface area (Å²) in [5.74, 6) is 0. The van der Waals surface area contributed by atoms with Gasteiger partial charge in [-0.3, -0.25) is 0 Å². The Morgan fingerprint density at radius 3 is 2.71 bits per heavy atom. The number of nitrogens with two attached hydrogens (primary N) is 1. The van der Waals surface area contributed by atoms with Gasteiger partial charge in [0.1, 0.15) is 0 Å². The topological polar surface area (TPSA) is 38.5 Å². The Hall–Kier alpha value is -0.120. The summed E-state index contributed by atoms with van der Waals surface area (Å²) in [6.45, 7) is 11.9. The van der Waals surface area contributed by atoms with E-state index in [4.69, 9.17) is 10.5 Å². The summed E-state index contributed by atoms with van der Waals surface area (Å²) >= 11 is 0. The lowest BCUT2D eigenvalue weighted by Gasteiger charge is -2.31. The molecule has 0 aromatic carbocycles. The van der Waals surface area contributed by atoms with Crippen molar-refractivity contribution in [3.63, 3.8) is 0 Å². The highest BCUT2D eigenvalue weighted by atomic mass is 16.5. The van der Waals surface area contributed by atoms with E-state index in [1.165, 1.54) is 32.2 Å². The zero-order chi connectivity index (χ0) is 12.7. The second-order valence-corrected chi connectivity index (χ2v) is 6.01. The molecule has 1 fully saturated rings. The largest absolute Gasteiger partial charge is 0.378 e. The smallest absolute Gasteiger partial charge is 0.0576 e. The molecule has 3 heteroatoms. The van der Waals surface area contributed by atoms with Crippen LogP contribution in [0.15, 0.2) is 0 Å². The predicted molar refractivity (Wildman–Crippen MR) is 73.2 cm³/mol. The van der Waals surface area contributed by atoms with E-state index >= 15 is 0 Å². The van der Waals surface area contributed by atoms with E-state index in [9.17, 15) is 0 Å². The molecule has 1 saturated heterocycles. The zero-order valence-corrected chi connectivity index (χ0v) is 11.9. The third-order valence-electron chi connectivity index (χ3n) is 3.68. The van der Waals surface area contributed by atoms with E-state index in [1.807, 2.05) is 0 Å². The molecule has 1 heterocycles. The van der Waals surface area contributed by atoms with Gasteiger partial charge in [-0.25, -0.2) is 0 Å². The van der Waals surface area contributed by atoms with Crippen molar-refractivity contribution < 1.29 is 4.74 Å². The SMILES string of the molecule is CCN(CCCC1CCCO1)CC(C)(C)CN. The average Bonchev–Trinajstić information content (AvgIpc) is 2.80. The van der Waals surface area contributed by atoms with Crippen LogP contribution in [0.5, 0.6) is 0 Å². The van der Waals surface area contributed by atoms with Crippen molar-refractivity contribution in [2.45, 2.75) is 52.6 Å². The first kappa shape index (κ1) is 14.9. The van der Waals surface area contributed by atoms with Gasteiger partial charge < -0.3 is 15.4 Å². The van der Waals surface area contributed by atoms with Crippen molar-refractivity contribution in [2.75, 3.05) is 32.8 Å². The fourth-order valence-electron chi connectivity index (χ4n) is 2.43. The van der Waals surface area contributed by atoms with Crippen molar-refractivity contribution in [3.8, 4) is 0 Å². The van der Waals surface area contributed by atoms with Crippen molar-refractivity contribution in [2.24, 2.45) is 11.1 Å². The van der Waals surface area contributed by atoms with Crippen LogP contribution in [0.4, 0.5) is 0 Å². The monoisotopic (exact) mass is 242 g/mol. The first-order chi connectivity index (χ1) is 8.07. The van der Waals surface area contributed by atoms with Gasteiger partial charge in [0.05, 0.1) is 6.10 Å². The van der Waals surface area contributed by atoms with Crippen molar-refractivity contribution in [1.29, 1.82) is 0 Å². The fourth-order valence-corrected chi connectivity index (χ4v) is 2.43.